The first-order chi connectivity index (χ1) is 13.7. The van der Waals surface area contributed by atoms with Crippen LogP contribution >= 0.6 is 0 Å². The molecule has 2 aromatic rings. The van der Waals surface area contributed by atoms with Gasteiger partial charge in [-0.1, -0.05) is 19.1 Å². The lowest BCUT2D eigenvalue weighted by atomic mass is 10.2. The molecule has 0 radical (unpaired) electrons. The lowest BCUT2D eigenvalue weighted by Gasteiger charge is -2.36. The van der Waals surface area contributed by atoms with Crippen LogP contribution in [-0.4, -0.2) is 71.6 Å². The van der Waals surface area contributed by atoms with Crippen LogP contribution in [0.3, 0.4) is 0 Å². The van der Waals surface area contributed by atoms with Gasteiger partial charge < -0.3 is 19.1 Å². The van der Waals surface area contributed by atoms with E-state index < -0.39 is 0 Å². The van der Waals surface area contributed by atoms with Gasteiger partial charge in [0.25, 0.3) is 5.91 Å². The van der Waals surface area contributed by atoms with Crippen LogP contribution in [-0.2, 0) is 13.1 Å². The second kappa shape index (κ2) is 8.22. The quantitative estimate of drug-likeness (QED) is 0.791. The van der Waals surface area contributed by atoms with Gasteiger partial charge in [0.2, 0.25) is 0 Å². The topological polar surface area (TPSA) is 53.8 Å². The lowest BCUT2D eigenvalue weighted by Crippen LogP contribution is -2.49. The number of ether oxygens (including phenoxy) is 1. The van der Waals surface area contributed by atoms with Gasteiger partial charge in [0.05, 0.1) is 19.3 Å². The number of amides is 1. The van der Waals surface area contributed by atoms with Crippen LogP contribution in [0.2, 0.25) is 0 Å². The van der Waals surface area contributed by atoms with Crippen LogP contribution in [0.4, 0.5) is 5.69 Å². The average molecular weight is 383 g/mol. The van der Waals surface area contributed by atoms with Crippen molar-refractivity contribution in [2.24, 2.45) is 0 Å². The SMILES string of the molecule is CCCN1CCn2cc(C(=O)N3CCN(c4ccccc4OC)CC3)nc2C1. The van der Waals surface area contributed by atoms with Crippen molar-refractivity contribution in [2.45, 2.75) is 26.4 Å². The summed E-state index contributed by atoms with van der Waals surface area (Å²) >= 11 is 0. The summed E-state index contributed by atoms with van der Waals surface area (Å²) in [5.41, 5.74) is 1.67. The molecule has 0 atom stereocenters. The van der Waals surface area contributed by atoms with Crippen molar-refractivity contribution >= 4 is 11.6 Å². The zero-order valence-corrected chi connectivity index (χ0v) is 16.8. The van der Waals surface area contributed by atoms with E-state index in [4.69, 9.17) is 4.74 Å². The Morgan fingerprint density at radius 3 is 2.64 bits per heavy atom. The summed E-state index contributed by atoms with van der Waals surface area (Å²) in [6, 6.07) is 8.04. The van der Waals surface area contributed by atoms with Crippen molar-refractivity contribution in [1.29, 1.82) is 0 Å². The van der Waals surface area contributed by atoms with Gasteiger partial charge >= 0.3 is 0 Å². The summed E-state index contributed by atoms with van der Waals surface area (Å²) in [7, 11) is 1.70. The smallest absolute Gasteiger partial charge is 0.274 e. The Bertz CT molecular complexity index is 826. The number of anilines is 1. The molecule has 1 aromatic carbocycles. The van der Waals surface area contributed by atoms with E-state index >= 15 is 0 Å². The first-order valence-electron chi connectivity index (χ1n) is 10.1. The molecule has 0 spiro atoms. The molecular formula is C21H29N5O2. The minimum atomic E-state index is 0.0450. The molecule has 150 valence electrons. The van der Waals surface area contributed by atoms with Gasteiger partial charge in [-0.05, 0) is 25.1 Å². The van der Waals surface area contributed by atoms with E-state index in [1.54, 1.807) is 7.11 Å². The number of benzene rings is 1. The molecule has 3 heterocycles. The highest BCUT2D eigenvalue weighted by molar-refractivity contribution is 5.92. The van der Waals surface area contributed by atoms with E-state index in [1.165, 1.54) is 0 Å². The minimum Gasteiger partial charge on any atom is -0.495 e. The van der Waals surface area contributed by atoms with E-state index in [1.807, 2.05) is 29.3 Å². The number of nitrogens with zero attached hydrogens (tertiary/aromatic N) is 5. The lowest BCUT2D eigenvalue weighted by molar-refractivity contribution is 0.0741. The fourth-order valence-corrected chi connectivity index (χ4v) is 4.12. The van der Waals surface area contributed by atoms with Gasteiger partial charge in [-0.3, -0.25) is 9.69 Å². The third-order valence-corrected chi connectivity index (χ3v) is 5.63. The predicted octanol–water partition coefficient (Wildman–Crippen LogP) is 2.08. The number of methoxy groups -OCH3 is 1. The normalized spacial score (nSPS) is 17.5. The monoisotopic (exact) mass is 383 g/mol. The summed E-state index contributed by atoms with van der Waals surface area (Å²) < 4.78 is 7.62. The summed E-state index contributed by atoms with van der Waals surface area (Å²) in [5.74, 6) is 1.93. The van der Waals surface area contributed by atoms with Crippen molar-refractivity contribution in [3.05, 3.63) is 42.0 Å². The Labute approximate surface area is 166 Å². The maximum Gasteiger partial charge on any atom is 0.274 e. The second-order valence-corrected chi connectivity index (χ2v) is 7.46. The van der Waals surface area contributed by atoms with Crippen molar-refractivity contribution < 1.29 is 9.53 Å². The maximum absolute atomic E-state index is 13.0. The summed E-state index contributed by atoms with van der Waals surface area (Å²) in [4.78, 5) is 24.3. The number of carbonyl (C=O) groups excluding carboxylic acids is 1. The van der Waals surface area contributed by atoms with Crippen LogP contribution in [0.5, 0.6) is 5.75 Å². The number of piperazine rings is 1. The number of imidazole rings is 1. The van der Waals surface area contributed by atoms with Crippen molar-refractivity contribution in [1.82, 2.24) is 19.4 Å². The van der Waals surface area contributed by atoms with Crippen LogP contribution < -0.4 is 9.64 Å². The zero-order chi connectivity index (χ0) is 19.5. The summed E-state index contributed by atoms with van der Waals surface area (Å²) in [6.45, 7) is 9.04. The predicted molar refractivity (Wildman–Crippen MR) is 109 cm³/mol. The van der Waals surface area contributed by atoms with Crippen molar-refractivity contribution in [3.8, 4) is 5.75 Å². The van der Waals surface area contributed by atoms with Gasteiger partial charge in [-0.15, -0.1) is 0 Å². The van der Waals surface area contributed by atoms with Gasteiger partial charge in [-0.2, -0.15) is 0 Å². The number of rotatable bonds is 5. The first-order valence-corrected chi connectivity index (χ1v) is 10.1. The Balaban J connectivity index is 1.40. The number of hydrogen-bond acceptors (Lipinski definition) is 5. The molecule has 4 rings (SSSR count). The number of hydrogen-bond donors (Lipinski definition) is 0. The standard InChI is InChI=1S/C21H29N5O2/c1-3-8-23-9-10-26-15-17(22-20(26)16-23)21(27)25-13-11-24(12-14-25)18-6-4-5-7-19(18)28-2/h4-7,15H,3,8-14,16H2,1-2H3. The van der Waals surface area contributed by atoms with E-state index in [0.29, 0.717) is 18.8 Å². The van der Waals surface area contributed by atoms with Crippen LogP contribution in [0, 0.1) is 0 Å². The largest absolute Gasteiger partial charge is 0.495 e. The minimum absolute atomic E-state index is 0.0450. The second-order valence-electron chi connectivity index (χ2n) is 7.46. The Hall–Kier alpha value is -2.54. The molecule has 7 heteroatoms. The highest BCUT2D eigenvalue weighted by Crippen LogP contribution is 2.28. The molecule has 1 saturated heterocycles. The maximum atomic E-state index is 13.0. The molecule has 1 fully saturated rings. The van der Waals surface area contributed by atoms with Gasteiger partial charge in [0, 0.05) is 45.5 Å². The van der Waals surface area contributed by atoms with Crippen LogP contribution in [0.15, 0.2) is 30.5 Å². The molecule has 0 unspecified atom stereocenters. The Morgan fingerprint density at radius 2 is 1.89 bits per heavy atom. The molecule has 28 heavy (non-hydrogen) atoms. The van der Waals surface area contributed by atoms with E-state index in [-0.39, 0.29) is 5.91 Å². The van der Waals surface area contributed by atoms with Crippen molar-refractivity contribution in [3.63, 3.8) is 0 Å². The molecule has 2 aliphatic rings. The summed E-state index contributed by atoms with van der Waals surface area (Å²) in [5, 5.41) is 0. The van der Waals surface area contributed by atoms with Crippen molar-refractivity contribution in [2.75, 3.05) is 51.3 Å². The van der Waals surface area contributed by atoms with Crippen LogP contribution in [0.25, 0.3) is 0 Å². The summed E-state index contributed by atoms with van der Waals surface area (Å²) in [6.07, 6.45) is 3.08. The average Bonchev–Trinajstić information content (AvgIpc) is 3.17. The fraction of sp³-hybridized carbons (Fsp3) is 0.524. The van der Waals surface area contributed by atoms with E-state index in [0.717, 1.165) is 63.0 Å². The molecule has 0 saturated carbocycles. The molecule has 2 aliphatic heterocycles. The number of para-hydroxylation sites is 2. The molecule has 1 aromatic heterocycles. The molecule has 0 bridgehead atoms. The first kappa shape index (κ1) is 18.8. The number of aromatic nitrogens is 2. The highest BCUT2D eigenvalue weighted by Gasteiger charge is 2.27. The third-order valence-electron chi connectivity index (χ3n) is 5.63. The van der Waals surface area contributed by atoms with Gasteiger partial charge in [0.1, 0.15) is 17.3 Å². The van der Waals surface area contributed by atoms with E-state index in [9.17, 15) is 4.79 Å². The molecule has 0 aliphatic carbocycles. The molecular weight excluding hydrogens is 354 g/mol. The molecule has 0 N–H and O–H groups in total. The molecule has 7 nitrogen and oxygen atoms in total. The Morgan fingerprint density at radius 1 is 1.11 bits per heavy atom. The van der Waals surface area contributed by atoms with Gasteiger partial charge in [0.15, 0.2) is 0 Å². The highest BCUT2D eigenvalue weighted by atomic mass is 16.5. The third kappa shape index (κ3) is 3.71. The van der Waals surface area contributed by atoms with Gasteiger partial charge in [-0.25, -0.2) is 4.98 Å². The molecule has 1 amide bonds. The Kier molecular flexibility index (Phi) is 5.52. The van der Waals surface area contributed by atoms with E-state index in [2.05, 4.69) is 32.3 Å². The fourth-order valence-electron chi connectivity index (χ4n) is 4.12. The van der Waals surface area contributed by atoms with Crippen LogP contribution in [0.1, 0.15) is 29.7 Å². The number of fused-ring (bicyclic) bond motifs is 1. The zero-order valence-electron chi connectivity index (χ0n) is 16.8. The number of carbonyl (C=O) groups is 1.